The molecule has 38 heavy (non-hydrogen) atoms. The number of anilines is 2. The van der Waals surface area contributed by atoms with Gasteiger partial charge in [-0.1, -0.05) is 30.3 Å². The standard InChI is InChI=1S/C28H22F3N3O4/c29-19-8-6-18(7-9-19)26(36)20-10-11-24(35)33-27(20)34-25-21(30)12-17(13-22(25)31)15-32-23(28(37)38)14-16-4-2-1-3-5-16/h1-13,23,32H,14-15H2,(H,37,38)(H2,33,34,35)/t23-/m0/s1. The van der Waals surface area contributed by atoms with Gasteiger partial charge in [0.05, 0.1) is 5.56 Å². The summed E-state index contributed by atoms with van der Waals surface area (Å²) in [4.78, 5) is 38.8. The second kappa shape index (κ2) is 11.6. The fourth-order valence-electron chi connectivity index (χ4n) is 3.83. The van der Waals surface area contributed by atoms with E-state index in [1.54, 1.807) is 30.3 Å². The van der Waals surface area contributed by atoms with Crippen molar-refractivity contribution in [3.8, 4) is 0 Å². The molecule has 0 amide bonds. The number of aliphatic carboxylic acids is 1. The van der Waals surface area contributed by atoms with Gasteiger partial charge in [0.25, 0.3) is 0 Å². The summed E-state index contributed by atoms with van der Waals surface area (Å²) in [5, 5.41) is 14.8. The number of benzene rings is 3. The summed E-state index contributed by atoms with van der Waals surface area (Å²) in [6.07, 6.45) is 0.174. The Morgan fingerprint density at radius 2 is 1.53 bits per heavy atom. The molecule has 4 aromatic rings. The second-order valence-corrected chi connectivity index (χ2v) is 8.47. The minimum atomic E-state index is -1.11. The smallest absolute Gasteiger partial charge is 0.321 e. The number of halogens is 3. The zero-order valence-electron chi connectivity index (χ0n) is 19.8. The molecular weight excluding hydrogens is 499 g/mol. The maximum absolute atomic E-state index is 15.0. The minimum Gasteiger partial charge on any atom is -0.480 e. The zero-order valence-corrected chi connectivity index (χ0v) is 19.8. The molecule has 10 heteroatoms. The summed E-state index contributed by atoms with van der Waals surface area (Å²) in [6, 6.07) is 16.9. The fourth-order valence-corrected chi connectivity index (χ4v) is 3.83. The molecule has 1 atom stereocenters. The van der Waals surface area contributed by atoms with E-state index in [1.807, 2.05) is 0 Å². The van der Waals surface area contributed by atoms with Gasteiger partial charge in [0.1, 0.15) is 35.0 Å². The number of aromatic amines is 1. The first kappa shape index (κ1) is 26.4. The van der Waals surface area contributed by atoms with E-state index in [2.05, 4.69) is 15.6 Å². The highest BCUT2D eigenvalue weighted by atomic mass is 19.1. The van der Waals surface area contributed by atoms with Gasteiger partial charge in [-0.25, -0.2) is 13.2 Å². The molecule has 4 N–H and O–H groups in total. The monoisotopic (exact) mass is 521 g/mol. The van der Waals surface area contributed by atoms with Crippen LogP contribution in [0.4, 0.5) is 24.7 Å². The van der Waals surface area contributed by atoms with Crippen molar-refractivity contribution in [1.82, 2.24) is 10.3 Å². The van der Waals surface area contributed by atoms with Gasteiger partial charge in [0.15, 0.2) is 5.78 Å². The van der Waals surface area contributed by atoms with Crippen LogP contribution in [-0.2, 0) is 17.8 Å². The average molecular weight is 521 g/mol. The molecule has 4 rings (SSSR count). The van der Waals surface area contributed by atoms with Crippen LogP contribution in [0.2, 0.25) is 0 Å². The molecule has 0 unspecified atom stereocenters. The third-order valence-electron chi connectivity index (χ3n) is 5.76. The van der Waals surface area contributed by atoms with Crippen LogP contribution in [0.15, 0.2) is 83.7 Å². The summed E-state index contributed by atoms with van der Waals surface area (Å²) in [5.41, 5.74) is -0.301. The van der Waals surface area contributed by atoms with Crippen LogP contribution in [0.3, 0.4) is 0 Å². The van der Waals surface area contributed by atoms with Crippen LogP contribution in [0.5, 0.6) is 0 Å². The van der Waals surface area contributed by atoms with E-state index >= 15 is 0 Å². The van der Waals surface area contributed by atoms with Crippen molar-refractivity contribution in [3.63, 3.8) is 0 Å². The lowest BCUT2D eigenvalue weighted by atomic mass is 10.0. The predicted molar refractivity (Wildman–Crippen MR) is 135 cm³/mol. The van der Waals surface area contributed by atoms with Gasteiger partial charge in [-0.2, -0.15) is 0 Å². The zero-order chi connectivity index (χ0) is 27.2. The highest BCUT2D eigenvalue weighted by Crippen LogP contribution is 2.26. The Labute approximate surface area is 215 Å². The van der Waals surface area contributed by atoms with Crippen LogP contribution in [0, 0.1) is 17.5 Å². The largest absolute Gasteiger partial charge is 0.480 e. The van der Waals surface area contributed by atoms with Crippen molar-refractivity contribution < 1.29 is 27.9 Å². The highest BCUT2D eigenvalue weighted by molar-refractivity contribution is 6.12. The summed E-state index contributed by atoms with van der Waals surface area (Å²) < 4.78 is 43.2. The second-order valence-electron chi connectivity index (χ2n) is 8.47. The molecular formula is C28H22F3N3O4. The Kier molecular flexibility index (Phi) is 8.03. The highest BCUT2D eigenvalue weighted by Gasteiger charge is 2.20. The number of pyridine rings is 1. The maximum atomic E-state index is 15.0. The van der Waals surface area contributed by atoms with Crippen LogP contribution >= 0.6 is 0 Å². The molecule has 194 valence electrons. The topological polar surface area (TPSA) is 111 Å². The number of rotatable bonds is 10. The first-order valence-electron chi connectivity index (χ1n) is 11.5. The maximum Gasteiger partial charge on any atom is 0.321 e. The van der Waals surface area contributed by atoms with Crippen molar-refractivity contribution in [2.75, 3.05) is 5.32 Å². The lowest BCUT2D eigenvalue weighted by Crippen LogP contribution is -2.38. The molecule has 0 saturated carbocycles. The number of hydrogen-bond donors (Lipinski definition) is 4. The number of carboxylic acids is 1. The van der Waals surface area contributed by atoms with Gasteiger partial charge in [0.2, 0.25) is 5.56 Å². The Morgan fingerprint density at radius 3 is 2.16 bits per heavy atom. The van der Waals surface area contributed by atoms with Crippen LogP contribution in [0.1, 0.15) is 27.0 Å². The number of carboxylic acid groups (broad SMARTS) is 1. The molecule has 7 nitrogen and oxygen atoms in total. The molecule has 0 aliphatic heterocycles. The van der Waals surface area contributed by atoms with Gasteiger partial charge >= 0.3 is 5.97 Å². The van der Waals surface area contributed by atoms with E-state index in [-0.39, 0.29) is 35.5 Å². The summed E-state index contributed by atoms with van der Waals surface area (Å²) >= 11 is 0. The fraction of sp³-hybridized carbons (Fsp3) is 0.107. The van der Waals surface area contributed by atoms with Gasteiger partial charge in [-0.15, -0.1) is 0 Å². The molecule has 3 aromatic carbocycles. The molecule has 0 fully saturated rings. The molecule has 1 aromatic heterocycles. The van der Waals surface area contributed by atoms with Crippen molar-refractivity contribution >= 4 is 23.3 Å². The number of carbonyl (C=O) groups is 2. The van der Waals surface area contributed by atoms with Gasteiger partial charge in [-0.3, -0.25) is 14.4 Å². The van der Waals surface area contributed by atoms with Crippen molar-refractivity contribution in [2.45, 2.75) is 19.0 Å². The number of aromatic nitrogens is 1. The van der Waals surface area contributed by atoms with Crippen molar-refractivity contribution in [2.24, 2.45) is 0 Å². The summed E-state index contributed by atoms with van der Waals surface area (Å²) in [5.74, 6) is -4.56. The van der Waals surface area contributed by atoms with E-state index < -0.39 is 46.5 Å². The van der Waals surface area contributed by atoms with Crippen LogP contribution in [0.25, 0.3) is 0 Å². The molecule has 0 aliphatic carbocycles. The number of carbonyl (C=O) groups excluding carboxylic acids is 1. The lowest BCUT2D eigenvalue weighted by molar-refractivity contribution is -0.139. The van der Waals surface area contributed by atoms with E-state index in [0.29, 0.717) is 0 Å². The van der Waals surface area contributed by atoms with Crippen LogP contribution < -0.4 is 16.2 Å². The average Bonchev–Trinajstić information content (AvgIpc) is 2.89. The Balaban J connectivity index is 1.54. The Bertz CT molecular complexity index is 1500. The first-order valence-corrected chi connectivity index (χ1v) is 11.5. The first-order chi connectivity index (χ1) is 18.2. The quantitative estimate of drug-likeness (QED) is 0.228. The third kappa shape index (κ3) is 6.34. The van der Waals surface area contributed by atoms with E-state index in [4.69, 9.17) is 0 Å². The molecule has 0 radical (unpaired) electrons. The van der Waals surface area contributed by atoms with E-state index in [9.17, 15) is 32.7 Å². The van der Waals surface area contributed by atoms with Gasteiger partial charge in [-0.05, 0) is 60.0 Å². The molecule has 0 spiro atoms. The number of H-pyrrole nitrogens is 1. The van der Waals surface area contributed by atoms with E-state index in [1.165, 1.54) is 18.2 Å². The van der Waals surface area contributed by atoms with Gasteiger partial charge in [0, 0.05) is 18.2 Å². The summed E-state index contributed by atoms with van der Waals surface area (Å²) in [6.45, 7) is -0.131. The summed E-state index contributed by atoms with van der Waals surface area (Å²) in [7, 11) is 0. The molecule has 0 aliphatic rings. The lowest BCUT2D eigenvalue weighted by Gasteiger charge is -2.16. The van der Waals surface area contributed by atoms with Gasteiger partial charge < -0.3 is 20.7 Å². The minimum absolute atomic E-state index is 0.0917. The number of ketones is 1. The third-order valence-corrected chi connectivity index (χ3v) is 5.76. The SMILES string of the molecule is O=C(c1ccc(F)cc1)c1ccc(=O)[nH]c1Nc1c(F)cc(CN[C@@H](Cc2ccccc2)C(=O)O)cc1F. The van der Waals surface area contributed by atoms with Crippen molar-refractivity contribution in [1.29, 1.82) is 0 Å². The number of nitrogens with one attached hydrogen (secondary N) is 3. The van der Waals surface area contributed by atoms with E-state index in [0.717, 1.165) is 35.9 Å². The normalized spacial score (nSPS) is 11.7. The Hall–Kier alpha value is -4.70. The van der Waals surface area contributed by atoms with Crippen molar-refractivity contribution in [3.05, 3.63) is 129 Å². The number of hydrogen-bond acceptors (Lipinski definition) is 5. The predicted octanol–water partition coefficient (Wildman–Crippen LogP) is 4.55. The molecule has 1 heterocycles. The molecule has 0 bridgehead atoms. The van der Waals surface area contributed by atoms with Crippen LogP contribution in [-0.4, -0.2) is 27.9 Å². The Morgan fingerprint density at radius 1 is 0.868 bits per heavy atom. The molecule has 0 saturated heterocycles.